The molecule has 1 atom stereocenters. The first-order chi connectivity index (χ1) is 8.74. The third-order valence-corrected chi connectivity index (χ3v) is 3.26. The van der Waals surface area contributed by atoms with Gasteiger partial charge in [0.05, 0.1) is 0 Å². The summed E-state index contributed by atoms with van der Waals surface area (Å²) in [5.41, 5.74) is 0. The fourth-order valence-corrected chi connectivity index (χ4v) is 1.92. The Hall–Kier alpha value is -0.610. The Bertz CT molecular complexity index is 229. The minimum Gasteiger partial charge on any atom is -0.480 e. The van der Waals surface area contributed by atoms with E-state index in [4.69, 9.17) is 9.84 Å². The molecule has 4 nitrogen and oxygen atoms in total. The van der Waals surface area contributed by atoms with Crippen LogP contribution in [0.5, 0.6) is 0 Å². The van der Waals surface area contributed by atoms with Crippen molar-refractivity contribution in [3.63, 3.8) is 0 Å². The van der Waals surface area contributed by atoms with Gasteiger partial charge >= 0.3 is 5.97 Å². The maximum atomic E-state index is 11.0. The molecule has 0 amide bonds. The highest BCUT2D eigenvalue weighted by Crippen LogP contribution is 2.20. The summed E-state index contributed by atoms with van der Waals surface area (Å²) >= 11 is 0. The third-order valence-electron chi connectivity index (χ3n) is 3.26. The Kier molecular flexibility index (Phi) is 8.01. The van der Waals surface area contributed by atoms with Crippen LogP contribution in [0.2, 0.25) is 0 Å². The smallest absolute Gasteiger partial charge is 0.320 e. The van der Waals surface area contributed by atoms with Crippen molar-refractivity contribution in [3.05, 3.63) is 0 Å². The molecular formula is C14H27NO3. The van der Waals surface area contributed by atoms with E-state index < -0.39 is 12.0 Å². The molecule has 0 heterocycles. The quantitative estimate of drug-likeness (QED) is 0.528. The van der Waals surface area contributed by atoms with E-state index in [-0.39, 0.29) is 0 Å². The van der Waals surface area contributed by atoms with Crippen LogP contribution in [-0.4, -0.2) is 36.4 Å². The average molecular weight is 257 g/mol. The zero-order valence-corrected chi connectivity index (χ0v) is 11.5. The minimum atomic E-state index is -0.756. The molecule has 18 heavy (non-hydrogen) atoms. The Morgan fingerprint density at radius 1 is 1.28 bits per heavy atom. The third kappa shape index (κ3) is 7.67. The molecule has 1 aliphatic carbocycles. The molecule has 0 aromatic heterocycles. The van der Waals surface area contributed by atoms with Gasteiger partial charge in [-0.3, -0.25) is 4.79 Å². The lowest BCUT2D eigenvalue weighted by atomic mass is 10.2. The Morgan fingerprint density at radius 2 is 2.00 bits per heavy atom. The van der Waals surface area contributed by atoms with Gasteiger partial charge in [-0.2, -0.15) is 0 Å². The number of rotatable bonds is 12. The van der Waals surface area contributed by atoms with Crippen molar-refractivity contribution in [1.82, 2.24) is 5.32 Å². The lowest BCUT2D eigenvalue weighted by Crippen LogP contribution is -2.39. The van der Waals surface area contributed by atoms with Crippen LogP contribution in [0, 0.1) is 0 Å². The van der Waals surface area contributed by atoms with Crippen molar-refractivity contribution in [3.8, 4) is 0 Å². The van der Waals surface area contributed by atoms with Crippen LogP contribution >= 0.6 is 0 Å². The first kappa shape index (κ1) is 15.4. The lowest BCUT2D eigenvalue weighted by molar-refractivity contribution is -0.140. The molecule has 1 aliphatic rings. The second-order valence-electron chi connectivity index (χ2n) is 5.15. The van der Waals surface area contributed by atoms with Crippen molar-refractivity contribution in [1.29, 1.82) is 0 Å². The molecule has 0 saturated heterocycles. The summed E-state index contributed by atoms with van der Waals surface area (Å²) in [4.78, 5) is 11.0. The first-order valence-electron chi connectivity index (χ1n) is 7.30. The highest BCUT2D eigenvalue weighted by atomic mass is 16.5. The summed E-state index contributed by atoms with van der Waals surface area (Å²) in [5.74, 6) is -0.756. The van der Waals surface area contributed by atoms with Crippen molar-refractivity contribution in [2.75, 3.05) is 13.2 Å². The van der Waals surface area contributed by atoms with Crippen LogP contribution in [0.4, 0.5) is 0 Å². The molecule has 1 unspecified atom stereocenters. The fraction of sp³-hybridized carbons (Fsp3) is 0.929. The highest BCUT2D eigenvalue weighted by Gasteiger charge is 2.27. The molecule has 106 valence electrons. The van der Waals surface area contributed by atoms with E-state index in [1.807, 2.05) is 0 Å². The second kappa shape index (κ2) is 9.34. The molecule has 0 bridgehead atoms. The topological polar surface area (TPSA) is 58.6 Å². The van der Waals surface area contributed by atoms with E-state index in [1.54, 1.807) is 0 Å². The van der Waals surface area contributed by atoms with Gasteiger partial charge < -0.3 is 15.2 Å². The van der Waals surface area contributed by atoms with Gasteiger partial charge in [0.2, 0.25) is 0 Å². The number of carbonyl (C=O) groups is 1. The fourth-order valence-electron chi connectivity index (χ4n) is 1.92. The molecule has 1 rings (SSSR count). The number of aliphatic carboxylic acids is 1. The molecule has 0 aromatic rings. The number of carboxylic acid groups (broad SMARTS) is 1. The molecule has 0 radical (unpaired) electrons. The van der Waals surface area contributed by atoms with Gasteiger partial charge in [-0.05, 0) is 25.7 Å². The summed E-state index contributed by atoms with van der Waals surface area (Å²) in [6, 6.07) is -0.00210. The van der Waals surface area contributed by atoms with E-state index in [0.29, 0.717) is 19.1 Å². The SMILES string of the molecule is CCCCCCCOCCC(NC1CC1)C(=O)O. The average Bonchev–Trinajstić information content (AvgIpc) is 3.14. The van der Waals surface area contributed by atoms with Crippen LogP contribution in [0.1, 0.15) is 58.3 Å². The predicted molar refractivity (Wildman–Crippen MR) is 71.8 cm³/mol. The van der Waals surface area contributed by atoms with Crippen molar-refractivity contribution >= 4 is 5.97 Å². The lowest BCUT2D eigenvalue weighted by Gasteiger charge is -2.13. The Balaban J connectivity index is 1.92. The van der Waals surface area contributed by atoms with Crippen LogP contribution in [0.3, 0.4) is 0 Å². The number of hydrogen-bond acceptors (Lipinski definition) is 3. The van der Waals surface area contributed by atoms with Gasteiger partial charge in [-0.1, -0.05) is 32.6 Å². The summed E-state index contributed by atoms with van der Waals surface area (Å²) in [6.07, 6.45) is 8.94. The molecule has 0 spiro atoms. The standard InChI is InChI=1S/C14H27NO3/c1-2-3-4-5-6-10-18-11-9-13(14(16)17)15-12-7-8-12/h12-13,15H,2-11H2,1H3,(H,16,17). The van der Waals surface area contributed by atoms with Crippen molar-refractivity contribution in [2.24, 2.45) is 0 Å². The maximum absolute atomic E-state index is 11.0. The van der Waals surface area contributed by atoms with E-state index in [1.165, 1.54) is 25.7 Å². The van der Waals surface area contributed by atoms with E-state index >= 15 is 0 Å². The van der Waals surface area contributed by atoms with Crippen LogP contribution < -0.4 is 5.32 Å². The minimum absolute atomic E-state index is 0.431. The molecule has 1 saturated carbocycles. The van der Waals surface area contributed by atoms with Gasteiger partial charge in [0.25, 0.3) is 0 Å². The number of nitrogens with one attached hydrogen (secondary N) is 1. The Morgan fingerprint density at radius 3 is 2.61 bits per heavy atom. The van der Waals surface area contributed by atoms with Crippen LogP contribution in [-0.2, 0) is 9.53 Å². The number of hydrogen-bond donors (Lipinski definition) is 2. The number of carboxylic acids is 1. The van der Waals surface area contributed by atoms with Crippen molar-refractivity contribution in [2.45, 2.75) is 70.4 Å². The van der Waals surface area contributed by atoms with Gasteiger partial charge in [0.1, 0.15) is 6.04 Å². The summed E-state index contributed by atoms with van der Waals surface area (Å²) in [5, 5.41) is 12.2. The van der Waals surface area contributed by atoms with E-state index in [0.717, 1.165) is 25.9 Å². The van der Waals surface area contributed by atoms with Gasteiger partial charge in [-0.15, -0.1) is 0 Å². The molecule has 4 heteroatoms. The molecule has 1 fully saturated rings. The van der Waals surface area contributed by atoms with E-state index in [2.05, 4.69) is 12.2 Å². The monoisotopic (exact) mass is 257 g/mol. The normalized spacial score (nSPS) is 16.7. The first-order valence-corrected chi connectivity index (χ1v) is 7.30. The summed E-state index contributed by atoms with van der Waals surface area (Å²) in [7, 11) is 0. The maximum Gasteiger partial charge on any atom is 0.320 e. The van der Waals surface area contributed by atoms with Gasteiger partial charge in [0.15, 0.2) is 0 Å². The van der Waals surface area contributed by atoms with Gasteiger partial charge in [-0.25, -0.2) is 0 Å². The van der Waals surface area contributed by atoms with Crippen LogP contribution in [0.15, 0.2) is 0 Å². The molecule has 2 N–H and O–H groups in total. The van der Waals surface area contributed by atoms with Crippen LogP contribution in [0.25, 0.3) is 0 Å². The largest absolute Gasteiger partial charge is 0.480 e. The molecular weight excluding hydrogens is 230 g/mol. The molecule has 0 aliphatic heterocycles. The second-order valence-corrected chi connectivity index (χ2v) is 5.15. The summed E-state index contributed by atoms with van der Waals surface area (Å²) < 4.78 is 5.49. The predicted octanol–water partition coefficient (Wildman–Crippen LogP) is 2.57. The van der Waals surface area contributed by atoms with E-state index in [9.17, 15) is 4.79 Å². The Labute approximate surface area is 110 Å². The zero-order chi connectivity index (χ0) is 13.2. The van der Waals surface area contributed by atoms with Gasteiger partial charge in [0, 0.05) is 19.3 Å². The van der Waals surface area contributed by atoms with Crippen molar-refractivity contribution < 1.29 is 14.6 Å². The number of unbranched alkanes of at least 4 members (excludes halogenated alkanes) is 4. The zero-order valence-electron chi connectivity index (χ0n) is 11.5. The number of ether oxygens (including phenoxy) is 1. The summed E-state index contributed by atoms with van der Waals surface area (Å²) in [6.45, 7) is 3.51. The highest BCUT2D eigenvalue weighted by molar-refractivity contribution is 5.73. The molecule has 0 aromatic carbocycles.